The third-order valence-corrected chi connectivity index (χ3v) is 3.14. The molecule has 110 valence electrons. The Morgan fingerprint density at radius 2 is 1.95 bits per heavy atom. The molecule has 2 aromatic rings. The molecular weight excluding hydrogens is 292 g/mol. The molecule has 0 fully saturated rings. The summed E-state index contributed by atoms with van der Waals surface area (Å²) in [4.78, 5) is 25.0. The van der Waals surface area contributed by atoms with Crippen molar-refractivity contribution in [2.75, 3.05) is 18.0 Å². The van der Waals surface area contributed by atoms with Gasteiger partial charge in [-0.1, -0.05) is 11.6 Å². The van der Waals surface area contributed by atoms with Crippen molar-refractivity contribution in [2.24, 2.45) is 0 Å². The molecule has 2 amide bonds. The summed E-state index contributed by atoms with van der Waals surface area (Å²) in [6, 6.07) is 10.2. The number of hydrogen-bond donors (Lipinski definition) is 1. The fourth-order valence-corrected chi connectivity index (χ4v) is 1.99. The lowest BCUT2D eigenvalue weighted by Gasteiger charge is -2.21. The first-order chi connectivity index (χ1) is 10.1. The minimum absolute atomic E-state index is 0.107. The van der Waals surface area contributed by atoms with Crippen LogP contribution in [0.25, 0.3) is 0 Å². The molecule has 0 aliphatic carbocycles. The molecule has 0 aliphatic heterocycles. The van der Waals surface area contributed by atoms with E-state index in [-0.39, 0.29) is 17.6 Å². The van der Waals surface area contributed by atoms with Gasteiger partial charge < -0.3 is 14.6 Å². The molecule has 0 saturated heterocycles. The molecule has 1 aromatic carbocycles. The van der Waals surface area contributed by atoms with E-state index in [1.807, 2.05) is 0 Å². The molecule has 0 atom stereocenters. The molecule has 0 aliphatic rings. The van der Waals surface area contributed by atoms with E-state index in [0.29, 0.717) is 18.1 Å². The maximum atomic E-state index is 11.7. The molecule has 0 saturated carbocycles. The molecule has 21 heavy (non-hydrogen) atoms. The summed E-state index contributed by atoms with van der Waals surface area (Å²) in [5, 5.41) is 3.30. The number of nitrogens with one attached hydrogen (secondary N) is 1. The predicted molar refractivity (Wildman–Crippen MR) is 80.5 cm³/mol. The molecule has 0 radical (unpaired) electrons. The van der Waals surface area contributed by atoms with Crippen LogP contribution in [0.3, 0.4) is 0 Å². The predicted octanol–water partition coefficient (Wildman–Crippen LogP) is 2.72. The van der Waals surface area contributed by atoms with Gasteiger partial charge in [0, 0.05) is 30.7 Å². The van der Waals surface area contributed by atoms with E-state index in [1.165, 1.54) is 13.2 Å². The van der Waals surface area contributed by atoms with E-state index in [2.05, 4.69) is 5.32 Å². The van der Waals surface area contributed by atoms with Crippen molar-refractivity contribution in [3.8, 4) is 0 Å². The molecule has 1 heterocycles. The van der Waals surface area contributed by atoms with E-state index >= 15 is 0 Å². The Balaban J connectivity index is 1.93. The maximum absolute atomic E-state index is 11.7. The highest BCUT2D eigenvalue weighted by molar-refractivity contribution is 6.30. The molecule has 0 bridgehead atoms. The number of rotatable bonds is 5. The minimum atomic E-state index is -0.306. The standard InChI is InChI=1S/C15H15ClN2O3/c1-11(19)18(13-6-4-12(16)5-7-13)9-8-17-15(20)14-3-2-10-21-14/h2-7,10H,8-9H2,1H3,(H,17,20). The van der Waals surface area contributed by atoms with E-state index in [4.69, 9.17) is 16.0 Å². The highest BCUT2D eigenvalue weighted by Crippen LogP contribution is 2.17. The Hall–Kier alpha value is -2.27. The van der Waals surface area contributed by atoms with Crippen LogP contribution in [0, 0.1) is 0 Å². The van der Waals surface area contributed by atoms with Gasteiger partial charge in [-0.2, -0.15) is 0 Å². The topological polar surface area (TPSA) is 62.6 Å². The molecule has 6 heteroatoms. The number of amides is 2. The second-order valence-corrected chi connectivity index (χ2v) is 4.82. The van der Waals surface area contributed by atoms with Gasteiger partial charge in [0.05, 0.1) is 6.26 Å². The zero-order valence-electron chi connectivity index (χ0n) is 11.5. The average molecular weight is 307 g/mol. The van der Waals surface area contributed by atoms with Crippen LogP contribution in [-0.2, 0) is 4.79 Å². The highest BCUT2D eigenvalue weighted by Gasteiger charge is 2.13. The van der Waals surface area contributed by atoms with Gasteiger partial charge in [-0.15, -0.1) is 0 Å². The second kappa shape index (κ2) is 6.95. The molecule has 1 N–H and O–H groups in total. The van der Waals surface area contributed by atoms with Crippen molar-refractivity contribution in [1.29, 1.82) is 0 Å². The number of halogens is 1. The fraction of sp³-hybridized carbons (Fsp3) is 0.200. The number of hydrogen-bond acceptors (Lipinski definition) is 3. The molecular formula is C15H15ClN2O3. The molecule has 5 nitrogen and oxygen atoms in total. The zero-order valence-corrected chi connectivity index (χ0v) is 12.3. The van der Waals surface area contributed by atoms with Crippen molar-refractivity contribution in [3.63, 3.8) is 0 Å². The van der Waals surface area contributed by atoms with Crippen LogP contribution >= 0.6 is 11.6 Å². The molecule has 0 spiro atoms. The number of furan rings is 1. The Morgan fingerprint density at radius 3 is 2.52 bits per heavy atom. The van der Waals surface area contributed by atoms with Gasteiger partial charge in [0.1, 0.15) is 0 Å². The van der Waals surface area contributed by atoms with Crippen LogP contribution < -0.4 is 10.2 Å². The smallest absolute Gasteiger partial charge is 0.287 e. The quantitative estimate of drug-likeness (QED) is 0.924. The van der Waals surface area contributed by atoms with Crippen LogP contribution in [0.5, 0.6) is 0 Å². The molecule has 1 aromatic heterocycles. The Morgan fingerprint density at radius 1 is 1.24 bits per heavy atom. The summed E-state index contributed by atoms with van der Waals surface area (Å²) in [5.41, 5.74) is 0.735. The number of carbonyl (C=O) groups excluding carboxylic acids is 2. The monoisotopic (exact) mass is 306 g/mol. The summed E-state index contributed by atoms with van der Waals surface area (Å²) in [6.45, 7) is 2.16. The van der Waals surface area contributed by atoms with Crippen LogP contribution in [0.1, 0.15) is 17.5 Å². The van der Waals surface area contributed by atoms with E-state index in [0.717, 1.165) is 5.69 Å². The first-order valence-electron chi connectivity index (χ1n) is 6.43. The highest BCUT2D eigenvalue weighted by atomic mass is 35.5. The van der Waals surface area contributed by atoms with Gasteiger partial charge in [-0.25, -0.2) is 0 Å². The van der Waals surface area contributed by atoms with Crippen molar-refractivity contribution in [1.82, 2.24) is 5.32 Å². The van der Waals surface area contributed by atoms with E-state index < -0.39 is 0 Å². The number of benzene rings is 1. The average Bonchev–Trinajstić information content (AvgIpc) is 2.98. The van der Waals surface area contributed by atoms with E-state index in [9.17, 15) is 9.59 Å². The summed E-state index contributed by atoms with van der Waals surface area (Å²) in [5.74, 6) is -0.167. The number of carbonyl (C=O) groups is 2. The SMILES string of the molecule is CC(=O)N(CCNC(=O)c1ccco1)c1ccc(Cl)cc1. The van der Waals surface area contributed by atoms with Gasteiger partial charge in [-0.05, 0) is 36.4 Å². The van der Waals surface area contributed by atoms with Crippen LogP contribution in [0.15, 0.2) is 47.1 Å². The first kappa shape index (κ1) is 15.1. The first-order valence-corrected chi connectivity index (χ1v) is 6.81. The van der Waals surface area contributed by atoms with Crippen LogP contribution in [0.4, 0.5) is 5.69 Å². The molecule has 0 unspecified atom stereocenters. The normalized spacial score (nSPS) is 10.2. The van der Waals surface area contributed by atoms with Crippen molar-refractivity contribution in [2.45, 2.75) is 6.92 Å². The lowest BCUT2D eigenvalue weighted by molar-refractivity contribution is -0.116. The van der Waals surface area contributed by atoms with Gasteiger partial charge in [0.2, 0.25) is 5.91 Å². The minimum Gasteiger partial charge on any atom is -0.459 e. The molecule has 2 rings (SSSR count). The largest absolute Gasteiger partial charge is 0.459 e. The summed E-state index contributed by atoms with van der Waals surface area (Å²) >= 11 is 5.83. The van der Waals surface area contributed by atoms with Crippen molar-refractivity contribution < 1.29 is 14.0 Å². The lowest BCUT2D eigenvalue weighted by Crippen LogP contribution is -2.37. The van der Waals surface area contributed by atoms with Gasteiger partial charge in [0.15, 0.2) is 5.76 Å². The van der Waals surface area contributed by atoms with Crippen LogP contribution in [0.2, 0.25) is 5.02 Å². The maximum Gasteiger partial charge on any atom is 0.287 e. The lowest BCUT2D eigenvalue weighted by atomic mass is 10.3. The Kier molecular flexibility index (Phi) is 5.00. The third-order valence-electron chi connectivity index (χ3n) is 2.88. The Labute approximate surface area is 127 Å². The number of nitrogens with zero attached hydrogens (tertiary/aromatic N) is 1. The fourth-order valence-electron chi connectivity index (χ4n) is 1.87. The van der Waals surface area contributed by atoms with Gasteiger partial charge in [0.25, 0.3) is 5.91 Å². The van der Waals surface area contributed by atoms with Gasteiger partial charge >= 0.3 is 0 Å². The summed E-state index contributed by atoms with van der Waals surface area (Å²) in [7, 11) is 0. The van der Waals surface area contributed by atoms with Gasteiger partial charge in [-0.3, -0.25) is 9.59 Å². The van der Waals surface area contributed by atoms with Crippen LogP contribution in [-0.4, -0.2) is 24.9 Å². The van der Waals surface area contributed by atoms with Crippen molar-refractivity contribution in [3.05, 3.63) is 53.4 Å². The summed E-state index contributed by atoms with van der Waals surface area (Å²) < 4.78 is 4.99. The summed E-state index contributed by atoms with van der Waals surface area (Å²) in [6.07, 6.45) is 1.44. The second-order valence-electron chi connectivity index (χ2n) is 4.38. The number of anilines is 1. The third kappa shape index (κ3) is 4.10. The van der Waals surface area contributed by atoms with Crippen molar-refractivity contribution >= 4 is 29.1 Å². The van der Waals surface area contributed by atoms with E-state index in [1.54, 1.807) is 41.3 Å². The Bertz CT molecular complexity index is 608. The zero-order chi connectivity index (χ0) is 15.2.